The molecule has 2 heterocycles. The molecule has 0 radical (unpaired) electrons. The minimum Gasteiger partial charge on any atom is -0.364 e. The van der Waals surface area contributed by atoms with Gasteiger partial charge in [-0.15, -0.1) is 12.4 Å². The smallest absolute Gasteiger partial charge is 0.321 e. The summed E-state index contributed by atoms with van der Waals surface area (Å²) in [6.45, 7) is 1.71. The molecule has 0 aliphatic carbocycles. The Morgan fingerprint density at radius 3 is 2.42 bits per heavy atom. The van der Waals surface area contributed by atoms with Crippen molar-refractivity contribution in [2.45, 2.75) is 43.9 Å². The first kappa shape index (κ1) is 20.5. The Labute approximate surface area is 160 Å². The van der Waals surface area contributed by atoms with Crippen molar-refractivity contribution in [2.75, 3.05) is 25.0 Å². The number of para-hydroxylation sites is 1. The second-order valence-electron chi connectivity index (χ2n) is 6.63. The van der Waals surface area contributed by atoms with Crippen LogP contribution in [0.4, 0.5) is 10.5 Å². The molecule has 4 N–H and O–H groups in total. The number of benzene rings is 1. The first-order chi connectivity index (χ1) is 12.2. The van der Waals surface area contributed by atoms with Gasteiger partial charge in [-0.2, -0.15) is 0 Å². The van der Waals surface area contributed by atoms with Crippen LogP contribution in [-0.4, -0.2) is 54.7 Å². The third-order valence-corrected chi connectivity index (χ3v) is 4.82. The van der Waals surface area contributed by atoms with Crippen molar-refractivity contribution in [2.24, 2.45) is 5.73 Å². The lowest BCUT2D eigenvalue weighted by Gasteiger charge is -2.32. The number of nitrogens with two attached hydrogens (primary N) is 1. The van der Waals surface area contributed by atoms with Gasteiger partial charge in [-0.1, -0.05) is 18.2 Å². The highest BCUT2D eigenvalue weighted by molar-refractivity contribution is 5.89. The molecule has 144 valence electrons. The van der Waals surface area contributed by atoms with Gasteiger partial charge in [0.15, 0.2) is 0 Å². The van der Waals surface area contributed by atoms with Gasteiger partial charge in [0.25, 0.3) is 0 Å². The Morgan fingerprint density at radius 2 is 1.81 bits per heavy atom. The van der Waals surface area contributed by atoms with E-state index in [4.69, 9.17) is 10.5 Å². The number of nitrogens with one attached hydrogen (secondary N) is 2. The number of rotatable bonds is 4. The fourth-order valence-corrected chi connectivity index (χ4v) is 3.32. The van der Waals surface area contributed by atoms with E-state index in [0.717, 1.165) is 31.4 Å². The van der Waals surface area contributed by atoms with Gasteiger partial charge in [-0.05, 0) is 37.8 Å². The van der Waals surface area contributed by atoms with Crippen molar-refractivity contribution in [3.05, 3.63) is 30.3 Å². The van der Waals surface area contributed by atoms with Gasteiger partial charge in [-0.3, -0.25) is 4.79 Å². The van der Waals surface area contributed by atoms with Crippen LogP contribution in [0.1, 0.15) is 25.7 Å². The SMILES string of the molecule is Cl.NC[C@H]1CC[C@@H](C(=O)NC2CCN(C(=O)Nc3ccccc3)CC2)O1. The molecule has 3 rings (SSSR count). The Hall–Kier alpha value is -1.83. The maximum Gasteiger partial charge on any atom is 0.321 e. The van der Waals surface area contributed by atoms with Gasteiger partial charge >= 0.3 is 6.03 Å². The maximum absolute atomic E-state index is 12.3. The number of nitrogens with zero attached hydrogens (tertiary/aromatic N) is 1. The Balaban J connectivity index is 0.00000243. The van der Waals surface area contributed by atoms with Gasteiger partial charge in [0.2, 0.25) is 5.91 Å². The van der Waals surface area contributed by atoms with E-state index in [9.17, 15) is 9.59 Å². The molecule has 2 aliphatic heterocycles. The summed E-state index contributed by atoms with van der Waals surface area (Å²) in [5.74, 6) is -0.0527. The first-order valence-corrected chi connectivity index (χ1v) is 8.92. The molecule has 26 heavy (non-hydrogen) atoms. The molecular formula is C18H27ClN4O3. The Bertz CT molecular complexity index is 593. The van der Waals surface area contributed by atoms with Crippen molar-refractivity contribution < 1.29 is 14.3 Å². The highest BCUT2D eigenvalue weighted by atomic mass is 35.5. The van der Waals surface area contributed by atoms with Crippen LogP contribution in [0.25, 0.3) is 0 Å². The fourth-order valence-electron chi connectivity index (χ4n) is 3.32. The molecule has 0 saturated carbocycles. The van der Waals surface area contributed by atoms with E-state index in [0.29, 0.717) is 19.6 Å². The fraction of sp³-hybridized carbons (Fsp3) is 0.556. The van der Waals surface area contributed by atoms with Crippen molar-refractivity contribution in [1.82, 2.24) is 10.2 Å². The number of halogens is 1. The Kier molecular flexibility index (Phi) is 7.68. The highest BCUT2D eigenvalue weighted by Crippen LogP contribution is 2.20. The third kappa shape index (κ3) is 5.33. The Morgan fingerprint density at radius 1 is 1.12 bits per heavy atom. The summed E-state index contributed by atoms with van der Waals surface area (Å²) in [5.41, 5.74) is 6.37. The monoisotopic (exact) mass is 382 g/mol. The largest absolute Gasteiger partial charge is 0.364 e. The summed E-state index contributed by atoms with van der Waals surface area (Å²) in [6.07, 6.45) is 2.69. The topological polar surface area (TPSA) is 96.7 Å². The number of carbonyl (C=O) groups is 2. The number of ether oxygens (including phenoxy) is 1. The number of carbonyl (C=O) groups excluding carboxylic acids is 2. The average Bonchev–Trinajstić information content (AvgIpc) is 3.12. The summed E-state index contributed by atoms with van der Waals surface area (Å²) in [7, 11) is 0. The van der Waals surface area contributed by atoms with Gasteiger partial charge in [0.05, 0.1) is 6.10 Å². The number of hydrogen-bond donors (Lipinski definition) is 3. The minimum atomic E-state index is -0.382. The van der Waals surface area contributed by atoms with Gasteiger partial charge in [0.1, 0.15) is 6.10 Å². The zero-order chi connectivity index (χ0) is 17.6. The molecule has 8 heteroatoms. The summed E-state index contributed by atoms with van der Waals surface area (Å²) in [6, 6.07) is 9.40. The molecule has 2 fully saturated rings. The lowest BCUT2D eigenvalue weighted by atomic mass is 10.0. The number of amides is 3. The van der Waals surface area contributed by atoms with E-state index in [1.54, 1.807) is 4.90 Å². The molecule has 0 unspecified atom stereocenters. The quantitative estimate of drug-likeness (QED) is 0.738. The van der Waals surface area contributed by atoms with Crippen LogP contribution in [-0.2, 0) is 9.53 Å². The molecular weight excluding hydrogens is 356 g/mol. The van der Waals surface area contributed by atoms with E-state index >= 15 is 0 Å². The first-order valence-electron chi connectivity index (χ1n) is 8.92. The zero-order valence-corrected chi connectivity index (χ0v) is 15.5. The number of likely N-dealkylation sites (tertiary alicyclic amines) is 1. The highest BCUT2D eigenvalue weighted by Gasteiger charge is 2.32. The summed E-state index contributed by atoms with van der Waals surface area (Å²) in [4.78, 5) is 26.3. The van der Waals surface area contributed by atoms with Crippen LogP contribution in [0, 0.1) is 0 Å². The molecule has 7 nitrogen and oxygen atoms in total. The van der Waals surface area contributed by atoms with Gasteiger partial charge in [-0.25, -0.2) is 4.79 Å². The minimum absolute atomic E-state index is 0. The molecule has 1 aromatic rings. The van der Waals surface area contributed by atoms with Crippen LogP contribution in [0.15, 0.2) is 30.3 Å². The van der Waals surface area contributed by atoms with E-state index in [-0.39, 0.29) is 42.6 Å². The predicted molar refractivity (Wildman–Crippen MR) is 102 cm³/mol. The molecule has 0 spiro atoms. The zero-order valence-electron chi connectivity index (χ0n) is 14.7. The van der Waals surface area contributed by atoms with Crippen LogP contribution in [0.2, 0.25) is 0 Å². The number of piperidine rings is 1. The molecule has 0 aromatic heterocycles. The van der Waals surface area contributed by atoms with E-state index in [1.165, 1.54) is 0 Å². The molecule has 2 saturated heterocycles. The van der Waals surface area contributed by atoms with E-state index in [1.807, 2.05) is 30.3 Å². The van der Waals surface area contributed by atoms with Crippen LogP contribution in [0.3, 0.4) is 0 Å². The van der Waals surface area contributed by atoms with Crippen molar-refractivity contribution in [1.29, 1.82) is 0 Å². The second kappa shape index (κ2) is 9.75. The molecule has 1 aromatic carbocycles. The predicted octanol–water partition coefficient (Wildman–Crippen LogP) is 1.73. The lowest BCUT2D eigenvalue weighted by Crippen LogP contribution is -2.49. The van der Waals surface area contributed by atoms with Crippen molar-refractivity contribution >= 4 is 30.0 Å². The molecule has 2 atom stereocenters. The standard InChI is InChI=1S/C18H26N4O3.ClH/c19-12-15-6-7-16(25-15)17(23)20-14-8-10-22(11-9-14)18(24)21-13-4-2-1-3-5-13;/h1-5,14-16H,6-12,19H2,(H,20,23)(H,21,24);1H/t15-,16+;/m1./s1. The third-order valence-electron chi connectivity index (χ3n) is 4.82. The van der Waals surface area contributed by atoms with Gasteiger partial charge < -0.3 is 26.0 Å². The normalized spacial score (nSPS) is 23.2. The van der Waals surface area contributed by atoms with Crippen molar-refractivity contribution in [3.8, 4) is 0 Å². The van der Waals surface area contributed by atoms with Crippen LogP contribution >= 0.6 is 12.4 Å². The maximum atomic E-state index is 12.3. The average molecular weight is 383 g/mol. The van der Waals surface area contributed by atoms with Crippen LogP contribution in [0.5, 0.6) is 0 Å². The number of hydrogen-bond acceptors (Lipinski definition) is 4. The summed E-state index contributed by atoms with van der Waals surface area (Å²) < 4.78 is 5.63. The van der Waals surface area contributed by atoms with Crippen LogP contribution < -0.4 is 16.4 Å². The van der Waals surface area contributed by atoms with Crippen molar-refractivity contribution in [3.63, 3.8) is 0 Å². The van der Waals surface area contributed by atoms with Gasteiger partial charge in [0, 0.05) is 31.4 Å². The number of urea groups is 1. The van der Waals surface area contributed by atoms with E-state index in [2.05, 4.69) is 10.6 Å². The molecule has 3 amide bonds. The second-order valence-corrected chi connectivity index (χ2v) is 6.63. The summed E-state index contributed by atoms with van der Waals surface area (Å²) >= 11 is 0. The molecule has 0 bridgehead atoms. The number of anilines is 1. The summed E-state index contributed by atoms with van der Waals surface area (Å²) in [5, 5.41) is 5.94. The molecule has 2 aliphatic rings. The van der Waals surface area contributed by atoms with E-state index < -0.39 is 0 Å². The lowest BCUT2D eigenvalue weighted by molar-refractivity contribution is -0.132.